The third-order valence-electron chi connectivity index (χ3n) is 4.74. The number of β-lactam (4-membered cyclic amide) rings is 1. The van der Waals surface area contributed by atoms with Gasteiger partial charge in [-0.2, -0.15) is 0 Å². The summed E-state index contributed by atoms with van der Waals surface area (Å²) < 4.78 is -2.52. The molecule has 2 heterocycles. The predicted octanol–water partition coefficient (Wildman–Crippen LogP) is 1.06. The number of aliphatic hydroxyl groups is 1. The van der Waals surface area contributed by atoms with E-state index in [9.17, 15) is 29.7 Å². The maximum Gasteiger partial charge on any atom is 0.327 e. The number of halogens is 1. The third-order valence-corrected chi connectivity index (χ3v) is 8.05. The Balaban J connectivity index is 2.10. The van der Waals surface area contributed by atoms with Gasteiger partial charge in [-0.25, -0.2) is 4.79 Å². The summed E-state index contributed by atoms with van der Waals surface area (Å²) in [7, 11) is 0. The van der Waals surface area contributed by atoms with E-state index in [4.69, 9.17) is 0 Å². The van der Waals surface area contributed by atoms with Gasteiger partial charge >= 0.3 is 5.97 Å². The topological polar surface area (TPSA) is 115 Å². The summed E-state index contributed by atoms with van der Waals surface area (Å²) in [5, 5.41) is 29.5. The Bertz CT molecular complexity index is 786. The van der Waals surface area contributed by atoms with Gasteiger partial charge in [0.2, 0.25) is 5.91 Å². The number of thioether (sulfide) groups is 1. The monoisotopic (exact) mass is 429 g/mol. The number of nitrogens with zero attached hydrogens (tertiary/aromatic N) is 1. The molecular formula is C16H16BrNO6S. The van der Waals surface area contributed by atoms with Crippen LogP contribution in [0.3, 0.4) is 0 Å². The van der Waals surface area contributed by atoms with Gasteiger partial charge in [0, 0.05) is 4.75 Å². The van der Waals surface area contributed by atoms with E-state index >= 15 is 0 Å². The fourth-order valence-corrected chi connectivity index (χ4v) is 6.20. The van der Waals surface area contributed by atoms with Crippen molar-refractivity contribution in [3.63, 3.8) is 0 Å². The highest BCUT2D eigenvalue weighted by Gasteiger charge is 2.77. The van der Waals surface area contributed by atoms with Crippen LogP contribution in [0.4, 0.5) is 0 Å². The van der Waals surface area contributed by atoms with Crippen LogP contribution in [0.25, 0.3) is 0 Å². The number of phenolic OH excluding ortho intramolecular Hbond substituents is 1. The molecule has 2 fully saturated rings. The molecule has 134 valence electrons. The Morgan fingerprint density at radius 3 is 2.60 bits per heavy atom. The maximum absolute atomic E-state index is 12.9. The average Bonchev–Trinajstić information content (AvgIpc) is 2.82. The Morgan fingerprint density at radius 1 is 1.44 bits per heavy atom. The summed E-state index contributed by atoms with van der Waals surface area (Å²) >= 11 is 4.45. The van der Waals surface area contributed by atoms with E-state index in [1.165, 1.54) is 40.9 Å². The first-order chi connectivity index (χ1) is 11.5. The number of benzene rings is 1. The highest BCUT2D eigenvalue weighted by molar-refractivity contribution is 9.10. The molecule has 1 amide bonds. The first-order valence-corrected chi connectivity index (χ1v) is 9.08. The summed E-state index contributed by atoms with van der Waals surface area (Å²) in [5.41, 5.74) is -2.22. The zero-order chi connectivity index (χ0) is 18.8. The van der Waals surface area contributed by atoms with Crippen LogP contribution in [0.2, 0.25) is 0 Å². The number of hydrogen-bond acceptors (Lipinski definition) is 6. The molecule has 0 saturated carbocycles. The molecule has 2 aliphatic rings. The van der Waals surface area contributed by atoms with E-state index in [-0.39, 0.29) is 17.6 Å². The van der Waals surface area contributed by atoms with E-state index in [2.05, 4.69) is 15.9 Å². The van der Waals surface area contributed by atoms with Crippen molar-refractivity contribution in [3.05, 3.63) is 29.8 Å². The lowest BCUT2D eigenvalue weighted by Crippen LogP contribution is -2.77. The minimum absolute atomic E-state index is 0.0459. The number of alkyl halides is 1. The van der Waals surface area contributed by atoms with E-state index in [0.29, 0.717) is 0 Å². The van der Waals surface area contributed by atoms with Crippen molar-refractivity contribution in [2.75, 3.05) is 0 Å². The van der Waals surface area contributed by atoms with Crippen molar-refractivity contribution in [1.29, 1.82) is 0 Å². The van der Waals surface area contributed by atoms with Crippen molar-refractivity contribution in [2.24, 2.45) is 0 Å². The zero-order valence-corrected chi connectivity index (χ0v) is 15.7. The number of amides is 1. The lowest BCUT2D eigenvalue weighted by molar-refractivity contribution is -0.172. The van der Waals surface area contributed by atoms with Crippen LogP contribution in [0.15, 0.2) is 24.3 Å². The van der Waals surface area contributed by atoms with Gasteiger partial charge < -0.3 is 20.2 Å². The quantitative estimate of drug-likeness (QED) is 0.372. The Hall–Kier alpha value is -1.58. The number of aliphatic carboxylic acids is 1. The molecule has 7 nitrogen and oxygen atoms in total. The molecule has 1 aromatic rings. The number of aldehydes is 1. The van der Waals surface area contributed by atoms with E-state index in [1.54, 1.807) is 13.8 Å². The first-order valence-electron chi connectivity index (χ1n) is 7.41. The van der Waals surface area contributed by atoms with E-state index in [0.717, 1.165) is 0 Å². The normalized spacial score (nSPS) is 32.5. The minimum atomic E-state index is -2.26. The van der Waals surface area contributed by atoms with Crippen LogP contribution in [0, 0.1) is 0 Å². The van der Waals surface area contributed by atoms with Crippen LogP contribution >= 0.6 is 27.7 Å². The summed E-state index contributed by atoms with van der Waals surface area (Å²) in [5.74, 6) is -1.99. The molecule has 2 unspecified atom stereocenters. The van der Waals surface area contributed by atoms with Crippen molar-refractivity contribution in [2.45, 2.75) is 39.9 Å². The molecule has 3 N–H and O–H groups in total. The van der Waals surface area contributed by atoms with Crippen molar-refractivity contribution < 1.29 is 29.7 Å². The standard InChI is InChI=1S/C16H16BrNO6S/c1-14(2)10(11(21)22)18-12(23)16(17,13(18)25-14)15(24,7-19)8-4-3-5-9(20)6-8/h3-7,10,13,20,24H,1-2H3,(H,21,22)/t10-,13+,15?,16?/m0/s1. The molecular weight excluding hydrogens is 414 g/mol. The SMILES string of the molecule is CC1(C)S[C@H]2N(C(=O)C2(Br)C(O)(C=O)c2cccc(O)c2)[C@H]1C(=O)O. The van der Waals surface area contributed by atoms with Gasteiger partial charge in [-0.1, -0.05) is 28.1 Å². The zero-order valence-electron chi connectivity index (χ0n) is 13.3. The minimum Gasteiger partial charge on any atom is -0.508 e. The molecule has 0 bridgehead atoms. The maximum atomic E-state index is 12.9. The van der Waals surface area contributed by atoms with Gasteiger partial charge in [-0.05, 0) is 31.5 Å². The van der Waals surface area contributed by atoms with Gasteiger partial charge in [0.05, 0.1) is 0 Å². The van der Waals surface area contributed by atoms with Crippen molar-refractivity contribution in [1.82, 2.24) is 4.90 Å². The highest BCUT2D eigenvalue weighted by atomic mass is 79.9. The van der Waals surface area contributed by atoms with Gasteiger partial charge in [0.25, 0.3) is 0 Å². The van der Waals surface area contributed by atoms with Crippen LogP contribution in [-0.2, 0) is 20.0 Å². The second-order valence-electron chi connectivity index (χ2n) is 6.67. The molecule has 2 saturated heterocycles. The summed E-state index contributed by atoms with van der Waals surface area (Å²) in [6.07, 6.45) is 0.243. The second-order valence-corrected chi connectivity index (χ2v) is 9.66. The molecule has 1 aromatic carbocycles. The Morgan fingerprint density at radius 2 is 2.08 bits per heavy atom. The first kappa shape index (κ1) is 18.2. The fraction of sp³-hybridized carbons (Fsp3) is 0.438. The second kappa shape index (κ2) is 5.46. The molecule has 3 rings (SSSR count). The van der Waals surface area contributed by atoms with Gasteiger partial charge in [-0.15, -0.1) is 11.8 Å². The molecule has 0 spiro atoms. The van der Waals surface area contributed by atoms with Crippen LogP contribution in [0.5, 0.6) is 5.75 Å². The number of carboxylic acids is 1. The summed E-state index contributed by atoms with van der Waals surface area (Å²) in [4.78, 5) is 37.5. The molecule has 0 aliphatic carbocycles. The number of rotatable bonds is 4. The number of hydrogen-bond donors (Lipinski definition) is 3. The number of carbonyl (C=O) groups is 3. The number of carboxylic acid groups (broad SMARTS) is 1. The average molecular weight is 430 g/mol. The number of carbonyl (C=O) groups excluding carboxylic acids is 2. The molecule has 4 atom stereocenters. The largest absolute Gasteiger partial charge is 0.508 e. The lowest BCUT2D eigenvalue weighted by atomic mass is 9.75. The van der Waals surface area contributed by atoms with Gasteiger partial charge in [0.1, 0.15) is 17.2 Å². The Kier molecular flexibility index (Phi) is 3.98. The smallest absolute Gasteiger partial charge is 0.327 e. The fourth-order valence-electron chi connectivity index (χ4n) is 3.48. The summed E-state index contributed by atoms with van der Waals surface area (Å²) in [6.45, 7) is 3.40. The lowest BCUT2D eigenvalue weighted by Gasteiger charge is -2.55. The molecule has 25 heavy (non-hydrogen) atoms. The molecule has 0 aromatic heterocycles. The van der Waals surface area contributed by atoms with Crippen LogP contribution in [-0.4, -0.2) is 58.9 Å². The Labute approximate surface area is 156 Å². The number of phenols is 1. The number of fused-ring (bicyclic) bond motifs is 1. The van der Waals surface area contributed by atoms with Crippen molar-refractivity contribution >= 4 is 45.9 Å². The third kappa shape index (κ3) is 2.18. The molecule has 0 radical (unpaired) electrons. The van der Waals surface area contributed by atoms with E-state index < -0.39 is 38.0 Å². The predicted molar refractivity (Wildman–Crippen MR) is 93.5 cm³/mol. The van der Waals surface area contributed by atoms with Gasteiger partial charge in [0.15, 0.2) is 16.2 Å². The van der Waals surface area contributed by atoms with Gasteiger partial charge in [-0.3, -0.25) is 9.59 Å². The van der Waals surface area contributed by atoms with Crippen LogP contribution < -0.4 is 0 Å². The highest BCUT2D eigenvalue weighted by Crippen LogP contribution is 2.62. The van der Waals surface area contributed by atoms with Crippen molar-refractivity contribution in [3.8, 4) is 5.75 Å². The summed E-state index contributed by atoms with van der Waals surface area (Å²) in [6, 6.07) is 4.38. The molecule has 2 aliphatic heterocycles. The number of aromatic hydroxyl groups is 1. The molecule has 9 heteroatoms. The van der Waals surface area contributed by atoms with Crippen LogP contribution in [0.1, 0.15) is 19.4 Å². The van der Waals surface area contributed by atoms with E-state index in [1.807, 2.05) is 0 Å².